The van der Waals surface area contributed by atoms with Gasteiger partial charge in [-0.05, 0) is 54.8 Å². The van der Waals surface area contributed by atoms with Crippen molar-refractivity contribution in [3.05, 3.63) is 98.7 Å². The second-order valence-corrected chi connectivity index (χ2v) is 9.90. The first-order chi connectivity index (χ1) is 18.6. The summed E-state index contributed by atoms with van der Waals surface area (Å²) in [5.74, 6) is 0.815. The van der Waals surface area contributed by atoms with Crippen LogP contribution in [0.25, 0.3) is 22.6 Å². The Kier molecular flexibility index (Phi) is 11.2. The van der Waals surface area contributed by atoms with Crippen LogP contribution in [0.1, 0.15) is 60.4 Å². The minimum absolute atomic E-state index is 0.114. The molecule has 0 bridgehead atoms. The minimum atomic E-state index is -0.187. The molecule has 0 N–H and O–H groups in total. The smallest absolute Gasteiger partial charge is 0.280 e. The predicted octanol–water partition coefficient (Wildman–Crippen LogP) is 8.58. The average Bonchev–Trinajstić information content (AvgIpc) is 3.43. The molecular formula is C32H32N4OS. The predicted molar refractivity (Wildman–Crippen MR) is 157 cm³/mol. The zero-order valence-corrected chi connectivity index (χ0v) is 22.8. The monoisotopic (exact) mass is 520 g/mol. The van der Waals surface area contributed by atoms with E-state index in [1.54, 1.807) is 6.07 Å². The minimum Gasteiger partial charge on any atom is -0.488 e. The van der Waals surface area contributed by atoms with Gasteiger partial charge >= 0.3 is 0 Å². The van der Waals surface area contributed by atoms with E-state index in [2.05, 4.69) is 53.9 Å². The van der Waals surface area contributed by atoms with Crippen LogP contribution in [0.5, 0.6) is 5.75 Å². The van der Waals surface area contributed by atoms with Crippen LogP contribution in [-0.4, -0.2) is 13.1 Å². The van der Waals surface area contributed by atoms with Crippen molar-refractivity contribution in [2.45, 2.75) is 46.1 Å². The summed E-state index contributed by atoms with van der Waals surface area (Å²) < 4.78 is 6.34. The Morgan fingerprint density at radius 1 is 0.974 bits per heavy atom. The number of unbranched alkanes of at least 4 members (excludes halogenated alkanes) is 2. The van der Waals surface area contributed by atoms with E-state index in [-0.39, 0.29) is 11.3 Å². The number of anilines is 1. The van der Waals surface area contributed by atoms with Gasteiger partial charge in [-0.1, -0.05) is 57.0 Å². The molecule has 0 radical (unpaired) electrons. The van der Waals surface area contributed by atoms with Gasteiger partial charge in [0.1, 0.15) is 12.4 Å². The van der Waals surface area contributed by atoms with Crippen molar-refractivity contribution in [2.75, 3.05) is 18.0 Å². The van der Waals surface area contributed by atoms with E-state index in [9.17, 15) is 5.26 Å². The van der Waals surface area contributed by atoms with E-state index >= 15 is 0 Å². The van der Waals surface area contributed by atoms with Crippen molar-refractivity contribution < 1.29 is 4.74 Å². The van der Waals surface area contributed by atoms with Gasteiger partial charge in [-0.3, -0.25) is 0 Å². The highest BCUT2D eigenvalue weighted by atomic mass is 32.1. The van der Waals surface area contributed by atoms with Gasteiger partial charge in [0.05, 0.1) is 24.3 Å². The van der Waals surface area contributed by atoms with Crippen molar-refractivity contribution >= 4 is 34.7 Å². The molecule has 3 rings (SSSR count). The summed E-state index contributed by atoms with van der Waals surface area (Å²) in [6, 6.07) is 24.0. The van der Waals surface area contributed by atoms with Gasteiger partial charge in [-0.2, -0.15) is 5.26 Å². The largest absolute Gasteiger partial charge is 0.488 e. The Balaban J connectivity index is 1.92. The van der Waals surface area contributed by atoms with Crippen LogP contribution in [0.2, 0.25) is 0 Å². The Hall–Kier alpha value is -4.31. The summed E-state index contributed by atoms with van der Waals surface area (Å²) >= 11 is 1.38. The number of nitrogens with zero attached hydrogens (tertiary/aromatic N) is 4. The Bertz CT molecular complexity index is 1360. The van der Waals surface area contributed by atoms with Crippen molar-refractivity contribution in [1.29, 1.82) is 10.5 Å². The van der Waals surface area contributed by atoms with E-state index in [1.165, 1.54) is 11.3 Å². The van der Waals surface area contributed by atoms with E-state index in [1.807, 2.05) is 48.6 Å². The van der Waals surface area contributed by atoms with Gasteiger partial charge in [0.15, 0.2) is 0 Å². The summed E-state index contributed by atoms with van der Waals surface area (Å²) in [5, 5.41) is 18.6. The van der Waals surface area contributed by atoms with E-state index in [0.29, 0.717) is 11.5 Å². The van der Waals surface area contributed by atoms with Crippen LogP contribution >= 0.6 is 11.3 Å². The molecule has 0 fully saturated rings. The molecule has 1 heterocycles. The van der Waals surface area contributed by atoms with E-state index in [4.69, 9.17) is 16.6 Å². The molecule has 6 heteroatoms. The molecule has 0 atom stereocenters. The topological polar surface area (TPSA) is 64.4 Å². The number of hydrogen-bond donors (Lipinski definition) is 0. The van der Waals surface area contributed by atoms with Crippen LogP contribution in [0, 0.1) is 29.2 Å². The van der Waals surface area contributed by atoms with Gasteiger partial charge in [0, 0.05) is 40.2 Å². The number of nitriles is 2. The fourth-order valence-electron chi connectivity index (χ4n) is 3.90. The maximum absolute atomic E-state index is 9.46. The lowest BCUT2D eigenvalue weighted by Gasteiger charge is -2.25. The average molecular weight is 521 g/mol. The Labute approximate surface area is 230 Å². The molecule has 0 saturated carbocycles. The summed E-state index contributed by atoms with van der Waals surface area (Å²) in [7, 11) is 0. The van der Waals surface area contributed by atoms with Crippen LogP contribution < -0.4 is 9.64 Å². The van der Waals surface area contributed by atoms with Crippen molar-refractivity contribution in [3.63, 3.8) is 0 Å². The highest BCUT2D eigenvalue weighted by Gasteiger charge is 2.12. The maximum atomic E-state index is 9.46. The first-order valence-corrected chi connectivity index (χ1v) is 13.7. The Morgan fingerprint density at radius 3 is 2.34 bits per heavy atom. The lowest BCUT2D eigenvalue weighted by Crippen LogP contribution is -2.25. The third kappa shape index (κ3) is 7.84. The first kappa shape index (κ1) is 28.3. The van der Waals surface area contributed by atoms with E-state index in [0.717, 1.165) is 66.2 Å². The first-order valence-electron chi connectivity index (χ1n) is 12.9. The molecule has 0 unspecified atom stereocenters. The van der Waals surface area contributed by atoms with Crippen LogP contribution in [0.15, 0.2) is 66.4 Å². The summed E-state index contributed by atoms with van der Waals surface area (Å²) in [4.78, 5) is 7.16. The standard InChI is InChI=1S/C32H32N4OS/c1-4-6-19-36(20-7-5-2)27-15-13-26(31(21-27)37-24-25-11-9-8-10-12-25)14-16-28-17-18-32(38-28)29(22-33)30(23-34)35-3/h8-18,21H,4-7,19-20,24H2,1-2H3/b16-14+,30-29-. The third-order valence-electron chi connectivity index (χ3n) is 6.03. The molecule has 0 saturated heterocycles. The third-order valence-corrected chi connectivity index (χ3v) is 7.10. The Morgan fingerprint density at radius 2 is 1.71 bits per heavy atom. The van der Waals surface area contributed by atoms with E-state index < -0.39 is 0 Å². The lowest BCUT2D eigenvalue weighted by atomic mass is 10.1. The van der Waals surface area contributed by atoms with Gasteiger partial charge < -0.3 is 9.64 Å². The molecule has 0 aliphatic rings. The maximum Gasteiger partial charge on any atom is 0.280 e. The molecule has 192 valence electrons. The number of rotatable bonds is 13. The van der Waals surface area contributed by atoms with Gasteiger partial charge in [-0.25, -0.2) is 10.1 Å². The lowest BCUT2D eigenvalue weighted by molar-refractivity contribution is 0.305. The fourth-order valence-corrected chi connectivity index (χ4v) is 4.80. The van der Waals surface area contributed by atoms with Gasteiger partial charge in [-0.15, -0.1) is 11.3 Å². The quantitative estimate of drug-likeness (QED) is 0.167. The molecule has 1 aromatic heterocycles. The molecule has 2 aromatic carbocycles. The zero-order chi connectivity index (χ0) is 27.2. The molecule has 0 spiro atoms. The molecule has 0 amide bonds. The number of thiophene rings is 1. The summed E-state index contributed by atoms with van der Waals surface area (Å²) in [5.41, 5.74) is 3.15. The SMILES string of the molecule is [C-]#[N+]/C(C#N)=C(/C#N)c1ccc(/C=C/c2ccc(N(CCCC)CCCC)cc2OCc2ccccc2)s1. The zero-order valence-electron chi connectivity index (χ0n) is 22.0. The van der Waals surface area contributed by atoms with Crippen LogP contribution in [0.3, 0.4) is 0 Å². The highest BCUT2D eigenvalue weighted by Crippen LogP contribution is 2.31. The molecule has 0 aliphatic carbocycles. The molecule has 3 aromatic rings. The van der Waals surface area contributed by atoms with Gasteiger partial charge in [0.25, 0.3) is 5.70 Å². The van der Waals surface area contributed by atoms with Crippen molar-refractivity contribution in [2.24, 2.45) is 0 Å². The van der Waals surface area contributed by atoms with Gasteiger partial charge in [0.2, 0.25) is 0 Å². The molecule has 5 nitrogen and oxygen atoms in total. The van der Waals surface area contributed by atoms with Crippen molar-refractivity contribution in [1.82, 2.24) is 0 Å². The molecule has 0 aliphatic heterocycles. The number of benzene rings is 2. The summed E-state index contributed by atoms with van der Waals surface area (Å²) in [6.45, 7) is 14.1. The second kappa shape index (κ2) is 15.1. The normalized spacial score (nSPS) is 11.3. The summed E-state index contributed by atoms with van der Waals surface area (Å²) in [6.07, 6.45) is 8.58. The molecular weight excluding hydrogens is 488 g/mol. The van der Waals surface area contributed by atoms with Crippen molar-refractivity contribution in [3.8, 4) is 17.9 Å². The fraction of sp³-hybridized carbons (Fsp3) is 0.281. The highest BCUT2D eigenvalue weighted by molar-refractivity contribution is 7.14. The molecule has 38 heavy (non-hydrogen) atoms. The second-order valence-electron chi connectivity index (χ2n) is 8.78. The van der Waals surface area contributed by atoms with Crippen LogP contribution in [0.4, 0.5) is 5.69 Å². The van der Waals surface area contributed by atoms with Crippen LogP contribution in [-0.2, 0) is 6.61 Å². The number of allylic oxidation sites excluding steroid dienone is 2. The number of hydrogen-bond acceptors (Lipinski definition) is 5. The number of ether oxygens (including phenoxy) is 1.